The van der Waals surface area contributed by atoms with Gasteiger partial charge in [-0.1, -0.05) is 0 Å². The maximum Gasteiger partial charge on any atom is 0.185 e. The second-order valence-electron chi connectivity index (χ2n) is 5.12. The Balaban J connectivity index is 1.89. The third-order valence-electron chi connectivity index (χ3n) is 3.54. The molecule has 0 bridgehead atoms. The van der Waals surface area contributed by atoms with Crippen molar-refractivity contribution in [3.05, 3.63) is 23.8 Å². The molecule has 1 unspecified atom stereocenters. The summed E-state index contributed by atoms with van der Waals surface area (Å²) >= 11 is 0. The number of hydrogen-bond donors (Lipinski definition) is 1. The molecule has 1 aliphatic heterocycles. The number of tetrazole rings is 1. The molecule has 1 fully saturated rings. The second kappa shape index (κ2) is 5.72. The molecule has 2 N–H and O–H groups in total. The van der Waals surface area contributed by atoms with Gasteiger partial charge < -0.3 is 10.5 Å². The summed E-state index contributed by atoms with van der Waals surface area (Å²) in [5.74, 6) is -1.01. The summed E-state index contributed by atoms with van der Waals surface area (Å²) in [5, 5.41) is 11.3. The van der Waals surface area contributed by atoms with Gasteiger partial charge in [-0.3, -0.25) is 0 Å². The van der Waals surface area contributed by atoms with E-state index < -0.39 is 11.6 Å². The predicted molar refractivity (Wildman–Crippen MR) is 71.1 cm³/mol. The molecule has 8 heteroatoms. The van der Waals surface area contributed by atoms with Crippen LogP contribution >= 0.6 is 0 Å². The SMILES string of the molecule is Nc1cc(-c2nnnn2CC2CCCOC2)c(F)cc1F. The summed E-state index contributed by atoms with van der Waals surface area (Å²) < 4.78 is 34.1. The van der Waals surface area contributed by atoms with Gasteiger partial charge in [-0.2, -0.15) is 0 Å². The zero-order valence-electron chi connectivity index (χ0n) is 11.3. The van der Waals surface area contributed by atoms with Crippen molar-refractivity contribution < 1.29 is 13.5 Å². The molecule has 2 heterocycles. The van der Waals surface area contributed by atoms with E-state index in [2.05, 4.69) is 15.5 Å². The van der Waals surface area contributed by atoms with E-state index in [1.165, 1.54) is 10.7 Å². The highest BCUT2D eigenvalue weighted by molar-refractivity contribution is 5.62. The van der Waals surface area contributed by atoms with Crippen LogP contribution < -0.4 is 5.73 Å². The van der Waals surface area contributed by atoms with Gasteiger partial charge in [0.1, 0.15) is 11.6 Å². The van der Waals surface area contributed by atoms with Gasteiger partial charge in [-0.25, -0.2) is 13.5 Å². The van der Waals surface area contributed by atoms with E-state index in [0.717, 1.165) is 25.5 Å². The summed E-state index contributed by atoms with van der Waals surface area (Å²) in [7, 11) is 0. The van der Waals surface area contributed by atoms with Crippen LogP contribution in [0.1, 0.15) is 12.8 Å². The quantitative estimate of drug-likeness (QED) is 0.871. The Kier molecular flexibility index (Phi) is 3.78. The molecule has 1 aromatic carbocycles. The lowest BCUT2D eigenvalue weighted by Crippen LogP contribution is -2.23. The number of hydrogen-bond acceptors (Lipinski definition) is 5. The molecule has 6 nitrogen and oxygen atoms in total. The summed E-state index contributed by atoms with van der Waals surface area (Å²) in [6, 6.07) is 1.96. The van der Waals surface area contributed by atoms with Crippen molar-refractivity contribution in [2.45, 2.75) is 19.4 Å². The lowest BCUT2D eigenvalue weighted by molar-refractivity contribution is 0.0470. The van der Waals surface area contributed by atoms with Crippen LogP contribution in [0.5, 0.6) is 0 Å². The van der Waals surface area contributed by atoms with Crippen LogP contribution in [0.3, 0.4) is 0 Å². The molecular weight excluding hydrogens is 280 g/mol. The highest BCUT2D eigenvalue weighted by Crippen LogP contribution is 2.26. The highest BCUT2D eigenvalue weighted by Gasteiger charge is 2.20. The number of nitrogens with zero attached hydrogens (tertiary/aromatic N) is 4. The summed E-state index contributed by atoms with van der Waals surface area (Å²) in [5.41, 5.74) is 5.45. The first-order valence-electron chi connectivity index (χ1n) is 6.74. The standard InChI is InChI=1S/C13H15F2N5O/c14-10-5-11(15)12(16)4-9(10)13-17-18-19-20(13)6-8-2-1-3-21-7-8/h4-5,8H,1-3,6-7,16H2. The molecule has 1 aliphatic rings. The average Bonchev–Trinajstić information content (AvgIpc) is 2.92. The maximum absolute atomic E-state index is 13.9. The Hall–Kier alpha value is -2.09. The zero-order valence-corrected chi connectivity index (χ0v) is 11.3. The Morgan fingerprint density at radius 3 is 2.95 bits per heavy atom. The zero-order chi connectivity index (χ0) is 14.8. The van der Waals surface area contributed by atoms with Gasteiger partial charge in [0.25, 0.3) is 0 Å². The monoisotopic (exact) mass is 295 g/mol. The van der Waals surface area contributed by atoms with Gasteiger partial charge in [0.05, 0.1) is 24.4 Å². The molecule has 1 atom stereocenters. The number of halogens is 2. The Morgan fingerprint density at radius 1 is 1.33 bits per heavy atom. The molecule has 0 spiro atoms. The predicted octanol–water partition coefficient (Wildman–Crippen LogP) is 1.63. The number of ether oxygens (including phenoxy) is 1. The topological polar surface area (TPSA) is 78.9 Å². The van der Waals surface area contributed by atoms with Crippen molar-refractivity contribution in [2.75, 3.05) is 18.9 Å². The maximum atomic E-state index is 13.9. The third kappa shape index (κ3) is 2.85. The third-order valence-corrected chi connectivity index (χ3v) is 3.54. The summed E-state index contributed by atoms with van der Waals surface area (Å²) in [6.07, 6.45) is 1.99. The second-order valence-corrected chi connectivity index (χ2v) is 5.12. The number of nitrogens with two attached hydrogens (primary N) is 1. The van der Waals surface area contributed by atoms with Crippen LogP contribution in [-0.2, 0) is 11.3 Å². The minimum absolute atomic E-state index is 0.0932. The molecule has 0 radical (unpaired) electrons. The molecule has 1 aromatic heterocycles. The number of anilines is 1. The van der Waals surface area contributed by atoms with Crippen LogP contribution in [0.2, 0.25) is 0 Å². The van der Waals surface area contributed by atoms with E-state index >= 15 is 0 Å². The van der Waals surface area contributed by atoms with Gasteiger partial charge in [0, 0.05) is 18.6 Å². The Bertz CT molecular complexity index is 639. The lowest BCUT2D eigenvalue weighted by Gasteiger charge is -2.22. The molecule has 112 valence electrons. The minimum Gasteiger partial charge on any atom is -0.396 e. The molecule has 2 aromatic rings. The van der Waals surface area contributed by atoms with Crippen molar-refractivity contribution >= 4 is 5.69 Å². The first-order chi connectivity index (χ1) is 10.1. The minimum atomic E-state index is -0.795. The number of aromatic nitrogens is 4. The van der Waals surface area contributed by atoms with Crippen molar-refractivity contribution in [3.63, 3.8) is 0 Å². The van der Waals surface area contributed by atoms with E-state index in [1.807, 2.05) is 0 Å². The normalized spacial score (nSPS) is 18.9. The Labute approximate surface area is 119 Å². The smallest absolute Gasteiger partial charge is 0.185 e. The molecule has 0 saturated carbocycles. The highest BCUT2D eigenvalue weighted by atomic mass is 19.1. The molecule has 3 rings (SSSR count). The fourth-order valence-corrected chi connectivity index (χ4v) is 2.45. The molecule has 0 aliphatic carbocycles. The lowest BCUT2D eigenvalue weighted by atomic mass is 10.0. The summed E-state index contributed by atoms with van der Waals surface area (Å²) in [4.78, 5) is 0. The van der Waals surface area contributed by atoms with Crippen LogP contribution in [0.25, 0.3) is 11.4 Å². The number of nitrogen functional groups attached to an aromatic ring is 1. The first-order valence-corrected chi connectivity index (χ1v) is 6.74. The van der Waals surface area contributed by atoms with Crippen LogP contribution in [0, 0.1) is 17.6 Å². The largest absolute Gasteiger partial charge is 0.396 e. The van der Waals surface area contributed by atoms with Crippen molar-refractivity contribution in [3.8, 4) is 11.4 Å². The molecule has 0 amide bonds. The van der Waals surface area contributed by atoms with Gasteiger partial charge in [-0.05, 0) is 29.3 Å². The van der Waals surface area contributed by atoms with E-state index in [0.29, 0.717) is 13.2 Å². The van der Waals surface area contributed by atoms with Gasteiger partial charge in [0.15, 0.2) is 5.82 Å². The fourth-order valence-electron chi connectivity index (χ4n) is 2.45. The van der Waals surface area contributed by atoms with Gasteiger partial charge >= 0.3 is 0 Å². The number of rotatable bonds is 3. The van der Waals surface area contributed by atoms with Crippen LogP contribution in [0.4, 0.5) is 14.5 Å². The van der Waals surface area contributed by atoms with Crippen molar-refractivity contribution in [1.29, 1.82) is 0 Å². The van der Waals surface area contributed by atoms with Gasteiger partial charge in [0.2, 0.25) is 0 Å². The van der Waals surface area contributed by atoms with E-state index in [1.54, 1.807) is 0 Å². The van der Waals surface area contributed by atoms with E-state index in [-0.39, 0.29) is 23.0 Å². The van der Waals surface area contributed by atoms with Crippen LogP contribution in [0.15, 0.2) is 12.1 Å². The van der Waals surface area contributed by atoms with E-state index in [4.69, 9.17) is 10.5 Å². The first kappa shape index (κ1) is 13.9. The molecular formula is C13H15F2N5O. The van der Waals surface area contributed by atoms with Crippen molar-refractivity contribution in [1.82, 2.24) is 20.2 Å². The van der Waals surface area contributed by atoms with E-state index in [9.17, 15) is 8.78 Å². The van der Waals surface area contributed by atoms with Crippen molar-refractivity contribution in [2.24, 2.45) is 5.92 Å². The Morgan fingerprint density at radius 2 is 2.19 bits per heavy atom. The average molecular weight is 295 g/mol. The number of benzene rings is 1. The summed E-state index contributed by atoms with van der Waals surface area (Å²) in [6.45, 7) is 1.93. The molecule has 1 saturated heterocycles. The fraction of sp³-hybridized carbons (Fsp3) is 0.462. The van der Waals surface area contributed by atoms with Gasteiger partial charge in [-0.15, -0.1) is 5.10 Å². The van der Waals surface area contributed by atoms with Crippen LogP contribution in [-0.4, -0.2) is 33.4 Å². The molecule has 21 heavy (non-hydrogen) atoms.